The summed E-state index contributed by atoms with van der Waals surface area (Å²) >= 11 is 2.08. The molecule has 3 heteroatoms. The van der Waals surface area contributed by atoms with E-state index in [2.05, 4.69) is 30.9 Å². The van der Waals surface area contributed by atoms with Crippen LogP contribution in [-0.2, 0) is 4.74 Å². The van der Waals surface area contributed by atoms with Gasteiger partial charge in [0.15, 0.2) is 0 Å². The van der Waals surface area contributed by atoms with Crippen LogP contribution in [-0.4, -0.2) is 35.8 Å². The van der Waals surface area contributed by atoms with E-state index in [1.807, 2.05) is 0 Å². The fourth-order valence-corrected chi connectivity index (χ4v) is 3.71. The molecule has 0 aliphatic carbocycles. The van der Waals surface area contributed by atoms with Crippen molar-refractivity contribution in [1.29, 1.82) is 0 Å². The van der Waals surface area contributed by atoms with Gasteiger partial charge in [-0.3, -0.25) is 0 Å². The van der Waals surface area contributed by atoms with Crippen LogP contribution in [0.2, 0.25) is 0 Å². The second-order valence-corrected chi connectivity index (χ2v) is 5.80. The van der Waals surface area contributed by atoms with Gasteiger partial charge in [-0.1, -0.05) is 0 Å². The van der Waals surface area contributed by atoms with Gasteiger partial charge in [-0.05, 0) is 38.9 Å². The van der Waals surface area contributed by atoms with Crippen LogP contribution in [0, 0.1) is 0 Å². The van der Waals surface area contributed by atoms with Gasteiger partial charge in [0.25, 0.3) is 0 Å². The minimum Gasteiger partial charge on any atom is -0.375 e. The Morgan fingerprint density at radius 1 is 1.14 bits per heavy atom. The summed E-state index contributed by atoms with van der Waals surface area (Å²) < 4.78 is 5.74. The third-order valence-corrected chi connectivity index (χ3v) is 4.26. The molecular weight excluding hydrogens is 194 g/mol. The van der Waals surface area contributed by atoms with Crippen LogP contribution in [0.15, 0.2) is 0 Å². The second kappa shape index (κ2) is 4.86. The lowest BCUT2D eigenvalue weighted by molar-refractivity contribution is -0.0431. The Labute approximate surface area is 91.2 Å². The van der Waals surface area contributed by atoms with E-state index in [0.717, 1.165) is 6.04 Å². The lowest BCUT2D eigenvalue weighted by Crippen LogP contribution is -2.45. The molecule has 0 bridgehead atoms. The molecular formula is C11H21NOS. The average molecular weight is 215 g/mol. The number of hydrogen-bond donors (Lipinski definition) is 1. The normalized spacial score (nSPS) is 44.1. The first-order valence-electron chi connectivity index (χ1n) is 5.73. The molecule has 0 aromatic carbocycles. The number of thioether (sulfide) groups is 1. The molecule has 2 aliphatic rings. The molecule has 2 saturated heterocycles. The van der Waals surface area contributed by atoms with E-state index in [-0.39, 0.29) is 0 Å². The lowest BCUT2D eigenvalue weighted by Gasteiger charge is -2.34. The van der Waals surface area contributed by atoms with Crippen molar-refractivity contribution in [2.75, 3.05) is 11.5 Å². The van der Waals surface area contributed by atoms with Gasteiger partial charge in [-0.2, -0.15) is 11.8 Å². The van der Waals surface area contributed by atoms with Crippen LogP contribution in [0.1, 0.15) is 33.1 Å². The van der Waals surface area contributed by atoms with Crippen molar-refractivity contribution in [3.05, 3.63) is 0 Å². The number of rotatable bonds is 2. The number of ether oxygens (including phenoxy) is 1. The van der Waals surface area contributed by atoms with Crippen molar-refractivity contribution in [2.24, 2.45) is 0 Å². The van der Waals surface area contributed by atoms with Gasteiger partial charge in [0.05, 0.1) is 12.2 Å². The Balaban J connectivity index is 1.78. The highest BCUT2D eigenvalue weighted by Gasteiger charge is 2.27. The topological polar surface area (TPSA) is 21.3 Å². The largest absolute Gasteiger partial charge is 0.375 e. The molecule has 2 heterocycles. The first-order chi connectivity index (χ1) is 6.74. The summed E-state index contributed by atoms with van der Waals surface area (Å²) in [6.07, 6.45) is 4.59. The van der Waals surface area contributed by atoms with Crippen molar-refractivity contribution < 1.29 is 4.74 Å². The molecule has 1 N–H and O–H groups in total. The molecule has 0 amide bonds. The first kappa shape index (κ1) is 10.8. The van der Waals surface area contributed by atoms with E-state index in [1.165, 1.54) is 30.8 Å². The minimum atomic E-state index is 0.435. The highest BCUT2D eigenvalue weighted by atomic mass is 32.2. The van der Waals surface area contributed by atoms with Gasteiger partial charge in [-0.25, -0.2) is 0 Å². The summed E-state index contributed by atoms with van der Waals surface area (Å²) in [6, 6.07) is 1.46. The monoisotopic (exact) mass is 215 g/mol. The Bertz CT molecular complexity index is 172. The molecule has 3 unspecified atom stereocenters. The summed E-state index contributed by atoms with van der Waals surface area (Å²) in [5, 5.41) is 3.78. The molecule has 14 heavy (non-hydrogen) atoms. The zero-order valence-corrected chi connectivity index (χ0v) is 9.98. The van der Waals surface area contributed by atoms with E-state index in [1.54, 1.807) is 0 Å². The quantitative estimate of drug-likeness (QED) is 0.761. The molecule has 2 nitrogen and oxygen atoms in total. The van der Waals surface area contributed by atoms with Crippen LogP contribution in [0.5, 0.6) is 0 Å². The van der Waals surface area contributed by atoms with Crippen LogP contribution >= 0.6 is 11.8 Å². The highest BCUT2D eigenvalue weighted by Crippen LogP contribution is 2.23. The number of nitrogens with one attached hydrogen (secondary N) is 1. The second-order valence-electron chi connectivity index (χ2n) is 4.65. The summed E-state index contributed by atoms with van der Waals surface area (Å²) in [7, 11) is 0. The predicted octanol–water partition coefficient (Wildman–Crippen LogP) is 2.04. The molecule has 2 rings (SSSR count). The van der Waals surface area contributed by atoms with Crippen LogP contribution in [0.4, 0.5) is 0 Å². The van der Waals surface area contributed by atoms with Crippen molar-refractivity contribution in [1.82, 2.24) is 5.32 Å². The van der Waals surface area contributed by atoms with Crippen molar-refractivity contribution in [3.63, 3.8) is 0 Å². The molecule has 82 valence electrons. The summed E-state index contributed by atoms with van der Waals surface area (Å²) in [5.41, 5.74) is 0. The van der Waals surface area contributed by atoms with Gasteiger partial charge in [0, 0.05) is 17.8 Å². The molecule has 0 aromatic rings. The highest BCUT2D eigenvalue weighted by molar-refractivity contribution is 7.99. The maximum Gasteiger partial charge on any atom is 0.0565 e. The summed E-state index contributed by atoms with van der Waals surface area (Å²) in [5.74, 6) is 2.64. The molecule has 0 spiro atoms. The van der Waals surface area contributed by atoms with E-state index in [0.29, 0.717) is 18.2 Å². The third-order valence-electron chi connectivity index (χ3n) is 3.10. The van der Waals surface area contributed by atoms with Crippen molar-refractivity contribution >= 4 is 11.8 Å². The van der Waals surface area contributed by atoms with Crippen molar-refractivity contribution in [2.45, 2.75) is 57.4 Å². The maximum absolute atomic E-state index is 5.74. The zero-order valence-electron chi connectivity index (χ0n) is 9.16. The molecule has 0 aromatic heterocycles. The standard InChI is InChI=1S/C11H21NOS/c1-8-5-11(6-9(2)13-8)12-10-3-4-14-7-10/h8-12H,3-7H2,1-2H3. The zero-order chi connectivity index (χ0) is 9.97. The Morgan fingerprint density at radius 2 is 1.86 bits per heavy atom. The fourth-order valence-electron chi connectivity index (χ4n) is 2.54. The number of hydrogen-bond acceptors (Lipinski definition) is 3. The van der Waals surface area contributed by atoms with Gasteiger partial charge in [-0.15, -0.1) is 0 Å². The fraction of sp³-hybridized carbons (Fsp3) is 1.00. The first-order valence-corrected chi connectivity index (χ1v) is 6.88. The van der Waals surface area contributed by atoms with E-state index in [4.69, 9.17) is 4.74 Å². The SMILES string of the molecule is CC1CC(NC2CCSC2)CC(C)O1. The van der Waals surface area contributed by atoms with E-state index >= 15 is 0 Å². The van der Waals surface area contributed by atoms with E-state index < -0.39 is 0 Å². The van der Waals surface area contributed by atoms with Gasteiger partial charge < -0.3 is 10.1 Å². The van der Waals surface area contributed by atoms with E-state index in [9.17, 15) is 0 Å². The molecule has 2 fully saturated rings. The maximum atomic E-state index is 5.74. The van der Waals surface area contributed by atoms with Crippen LogP contribution in [0.25, 0.3) is 0 Å². The summed E-state index contributed by atoms with van der Waals surface area (Å²) in [4.78, 5) is 0. The summed E-state index contributed by atoms with van der Waals surface area (Å²) in [6.45, 7) is 4.38. The smallest absolute Gasteiger partial charge is 0.0565 e. The Hall–Kier alpha value is 0.270. The predicted molar refractivity (Wildman–Crippen MR) is 61.9 cm³/mol. The molecule has 3 atom stereocenters. The van der Waals surface area contributed by atoms with Crippen LogP contribution < -0.4 is 5.32 Å². The molecule has 0 saturated carbocycles. The third kappa shape index (κ3) is 2.88. The Morgan fingerprint density at radius 3 is 2.43 bits per heavy atom. The van der Waals surface area contributed by atoms with Crippen molar-refractivity contribution in [3.8, 4) is 0 Å². The Kier molecular flexibility index (Phi) is 3.74. The van der Waals surface area contributed by atoms with Crippen LogP contribution in [0.3, 0.4) is 0 Å². The minimum absolute atomic E-state index is 0.435. The van der Waals surface area contributed by atoms with Gasteiger partial charge in [0.1, 0.15) is 0 Å². The molecule has 0 radical (unpaired) electrons. The lowest BCUT2D eigenvalue weighted by atomic mass is 9.99. The molecule has 2 aliphatic heterocycles. The van der Waals surface area contributed by atoms with Gasteiger partial charge in [0.2, 0.25) is 0 Å². The average Bonchev–Trinajstić information content (AvgIpc) is 2.54. The van der Waals surface area contributed by atoms with Gasteiger partial charge >= 0.3 is 0 Å².